The van der Waals surface area contributed by atoms with Gasteiger partial charge >= 0.3 is 0 Å². The molecule has 2 aromatic carbocycles. The predicted octanol–water partition coefficient (Wildman–Crippen LogP) is 3.58. The number of nitrogens with zero attached hydrogens (tertiary/aromatic N) is 1. The largest absolute Gasteiger partial charge is 0.492 e. The third kappa shape index (κ3) is 4.36. The molecule has 1 saturated heterocycles. The zero-order valence-electron chi connectivity index (χ0n) is 16.2. The molecule has 3 rings (SSSR count). The quantitative estimate of drug-likeness (QED) is 0.801. The second-order valence-corrected chi connectivity index (χ2v) is 8.75. The number of amides is 1. The van der Waals surface area contributed by atoms with Crippen molar-refractivity contribution in [1.82, 2.24) is 4.31 Å². The summed E-state index contributed by atoms with van der Waals surface area (Å²) in [5.41, 5.74) is 1.53. The van der Waals surface area contributed by atoms with E-state index in [-0.39, 0.29) is 10.8 Å². The number of anilines is 1. The Morgan fingerprint density at radius 2 is 1.86 bits per heavy atom. The van der Waals surface area contributed by atoms with Gasteiger partial charge in [-0.3, -0.25) is 4.79 Å². The first kappa shape index (κ1) is 20.4. The van der Waals surface area contributed by atoms with E-state index in [0.29, 0.717) is 31.0 Å². The van der Waals surface area contributed by atoms with Gasteiger partial charge in [0.05, 0.1) is 17.2 Å². The van der Waals surface area contributed by atoms with Crippen molar-refractivity contribution < 1.29 is 17.9 Å². The van der Waals surface area contributed by atoms with Gasteiger partial charge in [-0.05, 0) is 51.0 Å². The van der Waals surface area contributed by atoms with Crippen LogP contribution in [0.3, 0.4) is 0 Å². The van der Waals surface area contributed by atoms with Gasteiger partial charge in [-0.25, -0.2) is 8.42 Å². The van der Waals surface area contributed by atoms with Crippen LogP contribution in [0.5, 0.6) is 5.75 Å². The minimum absolute atomic E-state index is 0.215. The molecule has 1 heterocycles. The van der Waals surface area contributed by atoms with Crippen LogP contribution in [-0.2, 0) is 14.8 Å². The number of sulfonamides is 1. The molecule has 2 aromatic rings. The predicted molar refractivity (Wildman–Crippen MR) is 109 cm³/mol. The zero-order valence-corrected chi connectivity index (χ0v) is 17.0. The summed E-state index contributed by atoms with van der Waals surface area (Å²) in [6.45, 7) is 4.59. The molecule has 6 nitrogen and oxygen atoms in total. The maximum absolute atomic E-state index is 13.2. The Balaban J connectivity index is 1.85. The van der Waals surface area contributed by atoms with E-state index in [0.717, 1.165) is 18.4 Å². The van der Waals surface area contributed by atoms with Crippen molar-refractivity contribution in [3.63, 3.8) is 0 Å². The topological polar surface area (TPSA) is 75.7 Å². The highest BCUT2D eigenvalue weighted by Crippen LogP contribution is 2.28. The highest BCUT2D eigenvalue weighted by atomic mass is 32.2. The summed E-state index contributed by atoms with van der Waals surface area (Å²) in [5, 5.41) is 2.86. The second-order valence-electron chi connectivity index (χ2n) is 6.86. The van der Waals surface area contributed by atoms with Gasteiger partial charge < -0.3 is 10.1 Å². The maximum Gasteiger partial charge on any atom is 0.243 e. The van der Waals surface area contributed by atoms with Gasteiger partial charge in [0.25, 0.3) is 0 Å². The van der Waals surface area contributed by atoms with Crippen LogP contribution >= 0.6 is 0 Å². The lowest BCUT2D eigenvalue weighted by molar-refractivity contribution is -0.120. The molecule has 0 saturated carbocycles. The van der Waals surface area contributed by atoms with Gasteiger partial charge in [-0.1, -0.05) is 36.2 Å². The van der Waals surface area contributed by atoms with E-state index in [1.165, 1.54) is 4.31 Å². The molecular formula is C21H26N2O4S. The molecule has 0 unspecified atom stereocenters. The van der Waals surface area contributed by atoms with Crippen molar-refractivity contribution in [2.75, 3.05) is 18.5 Å². The lowest BCUT2D eigenvalue weighted by Crippen LogP contribution is -2.49. The van der Waals surface area contributed by atoms with E-state index in [9.17, 15) is 13.2 Å². The van der Waals surface area contributed by atoms with Crippen LogP contribution in [-0.4, -0.2) is 37.8 Å². The molecule has 1 aliphatic rings. The Kier molecular flexibility index (Phi) is 6.36. The highest BCUT2D eigenvalue weighted by Gasteiger charge is 2.37. The van der Waals surface area contributed by atoms with Crippen LogP contribution in [0.4, 0.5) is 5.69 Å². The molecule has 7 heteroatoms. The summed E-state index contributed by atoms with van der Waals surface area (Å²) >= 11 is 0. The first-order valence-corrected chi connectivity index (χ1v) is 11.0. The van der Waals surface area contributed by atoms with Gasteiger partial charge in [0.2, 0.25) is 15.9 Å². The SMILES string of the molecule is CCOc1ccccc1NC(=O)[C@H]1CCCCN1S(=O)(=O)c1ccc(C)cc1. The Hall–Kier alpha value is -2.38. The van der Waals surface area contributed by atoms with Crippen molar-refractivity contribution in [3.05, 3.63) is 54.1 Å². The first-order chi connectivity index (χ1) is 13.4. The number of benzene rings is 2. The molecule has 1 N–H and O–H groups in total. The number of carbonyl (C=O) groups is 1. The molecule has 150 valence electrons. The minimum atomic E-state index is -3.74. The summed E-state index contributed by atoms with van der Waals surface area (Å²) in [6.07, 6.45) is 2.04. The Morgan fingerprint density at radius 3 is 2.57 bits per heavy atom. The Bertz CT molecular complexity index is 926. The molecule has 0 radical (unpaired) electrons. The highest BCUT2D eigenvalue weighted by molar-refractivity contribution is 7.89. The number of rotatable bonds is 6. The molecule has 28 heavy (non-hydrogen) atoms. The number of para-hydroxylation sites is 2. The molecule has 0 spiro atoms. The van der Waals surface area contributed by atoms with Crippen molar-refractivity contribution in [2.24, 2.45) is 0 Å². The van der Waals surface area contributed by atoms with E-state index < -0.39 is 16.1 Å². The summed E-state index contributed by atoms with van der Waals surface area (Å²) in [7, 11) is -3.74. The third-order valence-corrected chi connectivity index (χ3v) is 6.75. The number of piperidine rings is 1. The summed E-state index contributed by atoms with van der Waals surface area (Å²) in [4.78, 5) is 13.2. The average Bonchev–Trinajstić information content (AvgIpc) is 2.70. The number of hydrogen-bond donors (Lipinski definition) is 1. The standard InChI is InChI=1S/C21H26N2O4S/c1-3-27-20-10-5-4-8-18(20)22-21(24)19-9-6-7-15-23(19)28(25,26)17-13-11-16(2)12-14-17/h4-5,8,10-14,19H,3,6-7,9,15H2,1-2H3,(H,22,24)/t19-/m1/s1. The van der Waals surface area contributed by atoms with Gasteiger partial charge in [-0.2, -0.15) is 4.31 Å². The fraction of sp³-hybridized carbons (Fsp3) is 0.381. The molecule has 1 atom stereocenters. The summed E-state index contributed by atoms with van der Waals surface area (Å²) in [5.74, 6) is 0.240. The normalized spacial score (nSPS) is 17.9. The fourth-order valence-corrected chi connectivity index (χ4v) is 5.02. The Morgan fingerprint density at radius 1 is 1.14 bits per heavy atom. The third-order valence-electron chi connectivity index (χ3n) is 4.83. The van der Waals surface area contributed by atoms with E-state index in [2.05, 4.69) is 5.32 Å². The molecule has 1 aliphatic heterocycles. The van der Waals surface area contributed by atoms with Gasteiger partial charge in [0, 0.05) is 6.54 Å². The number of carbonyl (C=O) groups excluding carboxylic acids is 1. The van der Waals surface area contributed by atoms with Crippen molar-refractivity contribution in [1.29, 1.82) is 0 Å². The number of aryl methyl sites for hydroxylation is 1. The number of hydrogen-bond acceptors (Lipinski definition) is 4. The Labute approximate surface area is 166 Å². The number of nitrogens with one attached hydrogen (secondary N) is 1. The van der Waals surface area contributed by atoms with Crippen LogP contribution in [0, 0.1) is 6.92 Å². The van der Waals surface area contributed by atoms with E-state index >= 15 is 0 Å². The van der Waals surface area contributed by atoms with Crippen LogP contribution in [0.1, 0.15) is 31.7 Å². The van der Waals surface area contributed by atoms with Gasteiger partial charge in [0.15, 0.2) is 0 Å². The van der Waals surface area contributed by atoms with Crippen molar-refractivity contribution in [2.45, 2.75) is 44.0 Å². The lowest BCUT2D eigenvalue weighted by atomic mass is 10.0. The molecule has 0 aliphatic carbocycles. The van der Waals surface area contributed by atoms with E-state index in [1.807, 2.05) is 19.9 Å². The molecular weight excluding hydrogens is 376 g/mol. The van der Waals surface area contributed by atoms with Gasteiger partial charge in [-0.15, -0.1) is 0 Å². The van der Waals surface area contributed by atoms with Crippen LogP contribution < -0.4 is 10.1 Å². The van der Waals surface area contributed by atoms with E-state index in [1.54, 1.807) is 42.5 Å². The average molecular weight is 403 g/mol. The van der Waals surface area contributed by atoms with Crippen LogP contribution in [0.2, 0.25) is 0 Å². The minimum Gasteiger partial charge on any atom is -0.492 e. The summed E-state index contributed by atoms with van der Waals surface area (Å²) in [6, 6.07) is 13.2. The van der Waals surface area contributed by atoms with Crippen molar-refractivity contribution in [3.8, 4) is 5.75 Å². The zero-order chi connectivity index (χ0) is 20.1. The molecule has 0 bridgehead atoms. The maximum atomic E-state index is 13.2. The van der Waals surface area contributed by atoms with Crippen molar-refractivity contribution >= 4 is 21.6 Å². The monoisotopic (exact) mass is 402 g/mol. The molecule has 0 aromatic heterocycles. The van der Waals surface area contributed by atoms with Gasteiger partial charge in [0.1, 0.15) is 11.8 Å². The van der Waals surface area contributed by atoms with E-state index in [4.69, 9.17) is 4.74 Å². The van der Waals surface area contributed by atoms with Crippen LogP contribution in [0.25, 0.3) is 0 Å². The first-order valence-electron chi connectivity index (χ1n) is 9.54. The molecule has 1 amide bonds. The molecule has 1 fully saturated rings. The smallest absolute Gasteiger partial charge is 0.243 e. The lowest BCUT2D eigenvalue weighted by Gasteiger charge is -2.33. The van der Waals surface area contributed by atoms with Crippen LogP contribution in [0.15, 0.2) is 53.4 Å². The number of ether oxygens (including phenoxy) is 1. The second kappa shape index (κ2) is 8.75. The fourth-order valence-electron chi connectivity index (χ4n) is 3.37. The summed E-state index contributed by atoms with van der Waals surface area (Å²) < 4.78 is 33.2.